The number of hydrogen-bond acceptors (Lipinski definition) is 3. The lowest BCUT2D eigenvalue weighted by Crippen LogP contribution is -2.13. The molecule has 0 saturated carbocycles. The van der Waals surface area contributed by atoms with E-state index in [0.717, 1.165) is 17.7 Å². The van der Waals surface area contributed by atoms with E-state index in [2.05, 4.69) is 5.32 Å². The van der Waals surface area contributed by atoms with E-state index in [1.165, 1.54) is 0 Å². The predicted octanol–water partition coefficient (Wildman–Crippen LogP) is 4.39. The number of benzene rings is 2. The van der Waals surface area contributed by atoms with Crippen molar-refractivity contribution >= 4 is 23.2 Å². The molecule has 0 radical (unpaired) electrons. The summed E-state index contributed by atoms with van der Waals surface area (Å²) in [6, 6.07) is 10.4. The summed E-state index contributed by atoms with van der Waals surface area (Å²) in [5, 5.41) is 13.8. The quantitative estimate of drug-likeness (QED) is 0.827. The van der Waals surface area contributed by atoms with Crippen molar-refractivity contribution in [1.82, 2.24) is 5.32 Å². The fourth-order valence-electron chi connectivity index (χ4n) is 1.97. The standard InChI is InChI=1S/C16H17Cl2NO2/c1-2-19-9-12-7-13(17)8-15(18)16(12)21-10-11-4-3-5-14(20)6-11/h3-8,19-20H,2,9-10H2,1H3. The van der Waals surface area contributed by atoms with Crippen LogP contribution in [-0.4, -0.2) is 11.7 Å². The number of rotatable bonds is 6. The molecule has 2 N–H and O–H groups in total. The normalized spacial score (nSPS) is 10.6. The van der Waals surface area contributed by atoms with E-state index >= 15 is 0 Å². The molecule has 2 aromatic rings. The van der Waals surface area contributed by atoms with Gasteiger partial charge in [0.1, 0.15) is 18.1 Å². The summed E-state index contributed by atoms with van der Waals surface area (Å²) in [4.78, 5) is 0. The van der Waals surface area contributed by atoms with Crippen LogP contribution < -0.4 is 10.1 Å². The van der Waals surface area contributed by atoms with Gasteiger partial charge in [0.25, 0.3) is 0 Å². The second-order valence-electron chi connectivity index (χ2n) is 4.61. The molecule has 2 aromatic carbocycles. The van der Waals surface area contributed by atoms with Gasteiger partial charge in [0.15, 0.2) is 0 Å². The summed E-state index contributed by atoms with van der Waals surface area (Å²) in [6.07, 6.45) is 0. The highest BCUT2D eigenvalue weighted by molar-refractivity contribution is 6.35. The molecule has 3 nitrogen and oxygen atoms in total. The largest absolute Gasteiger partial charge is 0.508 e. The number of phenolic OH excluding ortho intramolecular Hbond substituents is 1. The second kappa shape index (κ2) is 7.55. The third-order valence-electron chi connectivity index (χ3n) is 2.94. The van der Waals surface area contributed by atoms with Crippen LogP contribution in [0.3, 0.4) is 0 Å². The first-order valence-corrected chi connectivity index (χ1v) is 7.45. The number of phenols is 1. The Morgan fingerprint density at radius 2 is 2.00 bits per heavy atom. The lowest BCUT2D eigenvalue weighted by atomic mass is 10.2. The summed E-state index contributed by atoms with van der Waals surface area (Å²) >= 11 is 12.3. The highest BCUT2D eigenvalue weighted by atomic mass is 35.5. The van der Waals surface area contributed by atoms with Gasteiger partial charge in [-0.15, -0.1) is 0 Å². The van der Waals surface area contributed by atoms with Crippen LogP contribution in [-0.2, 0) is 13.2 Å². The molecular weight excluding hydrogens is 309 g/mol. The van der Waals surface area contributed by atoms with E-state index in [9.17, 15) is 5.11 Å². The van der Waals surface area contributed by atoms with Gasteiger partial charge in [0, 0.05) is 17.1 Å². The van der Waals surface area contributed by atoms with E-state index in [1.807, 2.05) is 19.1 Å². The van der Waals surface area contributed by atoms with Crippen molar-refractivity contribution in [1.29, 1.82) is 0 Å². The highest BCUT2D eigenvalue weighted by Gasteiger charge is 2.11. The topological polar surface area (TPSA) is 41.5 Å². The van der Waals surface area contributed by atoms with E-state index in [0.29, 0.717) is 28.9 Å². The monoisotopic (exact) mass is 325 g/mol. The Labute approximate surface area is 134 Å². The summed E-state index contributed by atoms with van der Waals surface area (Å²) in [7, 11) is 0. The van der Waals surface area contributed by atoms with Crippen molar-refractivity contribution in [3.8, 4) is 11.5 Å². The van der Waals surface area contributed by atoms with Crippen molar-refractivity contribution in [3.05, 3.63) is 57.6 Å². The van der Waals surface area contributed by atoms with Crippen LogP contribution in [0.1, 0.15) is 18.1 Å². The maximum absolute atomic E-state index is 9.46. The predicted molar refractivity (Wildman–Crippen MR) is 86.3 cm³/mol. The average Bonchev–Trinajstić information content (AvgIpc) is 2.44. The van der Waals surface area contributed by atoms with Crippen molar-refractivity contribution in [2.75, 3.05) is 6.54 Å². The fourth-order valence-corrected chi connectivity index (χ4v) is 2.56. The Hall–Kier alpha value is -1.42. The zero-order valence-corrected chi connectivity index (χ0v) is 13.2. The van der Waals surface area contributed by atoms with Gasteiger partial charge in [-0.05, 0) is 36.4 Å². The molecule has 112 valence electrons. The number of aromatic hydroxyl groups is 1. The van der Waals surface area contributed by atoms with Crippen LogP contribution in [0.25, 0.3) is 0 Å². The summed E-state index contributed by atoms with van der Waals surface area (Å²) in [5.41, 5.74) is 1.78. The Morgan fingerprint density at radius 1 is 1.19 bits per heavy atom. The van der Waals surface area contributed by atoms with Gasteiger partial charge in [-0.3, -0.25) is 0 Å². The van der Waals surface area contributed by atoms with Gasteiger partial charge < -0.3 is 15.2 Å². The van der Waals surface area contributed by atoms with Crippen LogP contribution in [0.2, 0.25) is 10.0 Å². The molecule has 0 aliphatic heterocycles. The van der Waals surface area contributed by atoms with E-state index < -0.39 is 0 Å². The molecule has 5 heteroatoms. The number of hydrogen-bond donors (Lipinski definition) is 2. The summed E-state index contributed by atoms with van der Waals surface area (Å²) in [5.74, 6) is 0.830. The van der Waals surface area contributed by atoms with Gasteiger partial charge in [0.2, 0.25) is 0 Å². The maximum Gasteiger partial charge on any atom is 0.142 e. The molecule has 21 heavy (non-hydrogen) atoms. The van der Waals surface area contributed by atoms with Crippen molar-refractivity contribution in [2.24, 2.45) is 0 Å². The molecule has 0 saturated heterocycles. The van der Waals surface area contributed by atoms with Crippen LogP contribution in [0.15, 0.2) is 36.4 Å². The number of nitrogens with one attached hydrogen (secondary N) is 1. The third kappa shape index (κ3) is 4.53. The smallest absolute Gasteiger partial charge is 0.142 e. The van der Waals surface area contributed by atoms with Crippen molar-refractivity contribution in [3.63, 3.8) is 0 Å². The van der Waals surface area contributed by atoms with Crippen LogP contribution >= 0.6 is 23.2 Å². The summed E-state index contributed by atoms with van der Waals surface area (Å²) < 4.78 is 5.82. The lowest BCUT2D eigenvalue weighted by Gasteiger charge is -2.14. The zero-order chi connectivity index (χ0) is 15.2. The molecule has 0 aromatic heterocycles. The Morgan fingerprint density at radius 3 is 2.71 bits per heavy atom. The number of halogens is 2. The van der Waals surface area contributed by atoms with Crippen molar-refractivity contribution in [2.45, 2.75) is 20.1 Å². The molecule has 0 atom stereocenters. The van der Waals surface area contributed by atoms with Gasteiger partial charge in [-0.25, -0.2) is 0 Å². The van der Waals surface area contributed by atoms with Crippen molar-refractivity contribution < 1.29 is 9.84 Å². The fraction of sp³-hybridized carbons (Fsp3) is 0.250. The highest BCUT2D eigenvalue weighted by Crippen LogP contribution is 2.33. The summed E-state index contributed by atoms with van der Waals surface area (Å²) in [6.45, 7) is 3.83. The first kappa shape index (κ1) is 16.0. The average molecular weight is 326 g/mol. The van der Waals surface area contributed by atoms with Crippen LogP contribution in [0.5, 0.6) is 11.5 Å². The maximum atomic E-state index is 9.46. The van der Waals surface area contributed by atoms with Crippen LogP contribution in [0, 0.1) is 0 Å². The molecule has 0 aliphatic carbocycles. The lowest BCUT2D eigenvalue weighted by molar-refractivity contribution is 0.301. The Bertz CT molecular complexity index is 617. The number of ether oxygens (including phenoxy) is 1. The molecule has 0 fully saturated rings. The van der Waals surface area contributed by atoms with E-state index in [1.54, 1.807) is 24.3 Å². The first-order chi connectivity index (χ1) is 10.1. The molecule has 0 heterocycles. The SMILES string of the molecule is CCNCc1cc(Cl)cc(Cl)c1OCc1cccc(O)c1. The van der Waals surface area contributed by atoms with Gasteiger partial charge in [-0.1, -0.05) is 42.3 Å². The minimum atomic E-state index is 0.214. The molecule has 2 rings (SSSR count). The van der Waals surface area contributed by atoms with Gasteiger partial charge in [0.05, 0.1) is 5.02 Å². The Kier molecular flexibility index (Phi) is 5.74. The molecule has 0 spiro atoms. The first-order valence-electron chi connectivity index (χ1n) is 6.69. The third-order valence-corrected chi connectivity index (χ3v) is 3.44. The minimum Gasteiger partial charge on any atom is -0.508 e. The second-order valence-corrected chi connectivity index (χ2v) is 5.46. The van der Waals surface area contributed by atoms with E-state index in [-0.39, 0.29) is 5.75 Å². The Balaban J connectivity index is 2.18. The van der Waals surface area contributed by atoms with Gasteiger partial charge in [-0.2, -0.15) is 0 Å². The van der Waals surface area contributed by atoms with Gasteiger partial charge >= 0.3 is 0 Å². The zero-order valence-electron chi connectivity index (χ0n) is 11.7. The molecule has 0 amide bonds. The minimum absolute atomic E-state index is 0.214. The molecule has 0 aliphatic rings. The molecular formula is C16H17Cl2NO2. The molecule has 0 bridgehead atoms. The van der Waals surface area contributed by atoms with Crippen LogP contribution in [0.4, 0.5) is 0 Å². The van der Waals surface area contributed by atoms with E-state index in [4.69, 9.17) is 27.9 Å². The molecule has 0 unspecified atom stereocenters.